The van der Waals surface area contributed by atoms with Crippen LogP contribution >= 0.6 is 0 Å². The SMILES string of the molecule is CC(C)(C)N1C(=O)CCC(C(=O)O)C1c1ccccc1. The first-order chi connectivity index (χ1) is 9.32. The van der Waals surface area contributed by atoms with Gasteiger partial charge in [-0.05, 0) is 32.8 Å². The molecule has 1 amide bonds. The van der Waals surface area contributed by atoms with Crippen LogP contribution in [-0.2, 0) is 9.59 Å². The Morgan fingerprint density at radius 2 is 1.85 bits per heavy atom. The van der Waals surface area contributed by atoms with Crippen molar-refractivity contribution in [2.24, 2.45) is 5.92 Å². The fraction of sp³-hybridized carbons (Fsp3) is 0.500. The molecule has 4 nitrogen and oxygen atoms in total. The van der Waals surface area contributed by atoms with E-state index in [2.05, 4.69) is 0 Å². The van der Waals surface area contributed by atoms with Crippen LogP contribution in [0.4, 0.5) is 0 Å². The Kier molecular flexibility index (Phi) is 3.84. The Bertz CT molecular complexity index is 504. The highest BCUT2D eigenvalue weighted by Gasteiger charge is 2.44. The quantitative estimate of drug-likeness (QED) is 0.903. The van der Waals surface area contributed by atoms with Crippen molar-refractivity contribution in [3.05, 3.63) is 35.9 Å². The van der Waals surface area contributed by atoms with E-state index in [0.717, 1.165) is 5.56 Å². The maximum atomic E-state index is 12.3. The number of likely N-dealkylation sites (tertiary alicyclic amines) is 1. The van der Waals surface area contributed by atoms with Crippen LogP contribution in [0.1, 0.15) is 45.2 Å². The van der Waals surface area contributed by atoms with E-state index in [9.17, 15) is 14.7 Å². The van der Waals surface area contributed by atoms with Gasteiger partial charge in [0.15, 0.2) is 0 Å². The summed E-state index contributed by atoms with van der Waals surface area (Å²) in [7, 11) is 0. The molecule has 1 fully saturated rings. The molecule has 1 N–H and O–H groups in total. The zero-order valence-electron chi connectivity index (χ0n) is 12.2. The number of carboxylic acid groups (broad SMARTS) is 1. The maximum absolute atomic E-state index is 12.3. The lowest BCUT2D eigenvalue weighted by atomic mass is 9.81. The summed E-state index contributed by atoms with van der Waals surface area (Å²) in [5, 5.41) is 9.50. The lowest BCUT2D eigenvalue weighted by molar-refractivity contribution is -0.156. The van der Waals surface area contributed by atoms with Crippen molar-refractivity contribution in [2.75, 3.05) is 0 Å². The van der Waals surface area contributed by atoms with Gasteiger partial charge >= 0.3 is 5.97 Å². The number of amides is 1. The number of carbonyl (C=O) groups excluding carboxylic acids is 1. The number of aliphatic carboxylic acids is 1. The Morgan fingerprint density at radius 3 is 2.35 bits per heavy atom. The number of nitrogens with zero attached hydrogens (tertiary/aromatic N) is 1. The number of rotatable bonds is 2. The van der Waals surface area contributed by atoms with Crippen LogP contribution in [0.15, 0.2) is 30.3 Å². The van der Waals surface area contributed by atoms with E-state index in [1.165, 1.54) is 0 Å². The van der Waals surface area contributed by atoms with Gasteiger partial charge in [0.2, 0.25) is 5.91 Å². The number of carbonyl (C=O) groups is 2. The molecule has 2 rings (SSSR count). The van der Waals surface area contributed by atoms with Crippen molar-refractivity contribution < 1.29 is 14.7 Å². The smallest absolute Gasteiger partial charge is 0.308 e. The van der Waals surface area contributed by atoms with Crippen LogP contribution in [0, 0.1) is 5.92 Å². The van der Waals surface area contributed by atoms with Gasteiger partial charge in [-0.1, -0.05) is 30.3 Å². The summed E-state index contributed by atoms with van der Waals surface area (Å²) >= 11 is 0. The van der Waals surface area contributed by atoms with E-state index in [-0.39, 0.29) is 5.91 Å². The van der Waals surface area contributed by atoms with Gasteiger partial charge < -0.3 is 10.0 Å². The molecule has 2 atom stereocenters. The summed E-state index contributed by atoms with van der Waals surface area (Å²) < 4.78 is 0. The van der Waals surface area contributed by atoms with Gasteiger partial charge in [0.25, 0.3) is 0 Å². The fourth-order valence-electron chi connectivity index (χ4n) is 2.97. The van der Waals surface area contributed by atoms with E-state index in [1.54, 1.807) is 4.90 Å². The molecular weight excluding hydrogens is 254 g/mol. The minimum atomic E-state index is -0.833. The lowest BCUT2D eigenvalue weighted by Crippen LogP contribution is -2.53. The molecule has 2 unspecified atom stereocenters. The van der Waals surface area contributed by atoms with E-state index < -0.39 is 23.5 Å². The van der Waals surface area contributed by atoms with Crippen molar-refractivity contribution in [3.8, 4) is 0 Å². The lowest BCUT2D eigenvalue weighted by Gasteiger charge is -2.47. The molecule has 1 aliphatic heterocycles. The molecule has 1 heterocycles. The monoisotopic (exact) mass is 275 g/mol. The number of piperidine rings is 1. The van der Waals surface area contributed by atoms with E-state index in [0.29, 0.717) is 12.8 Å². The fourth-order valence-corrected chi connectivity index (χ4v) is 2.97. The molecule has 0 aliphatic carbocycles. The molecule has 1 saturated heterocycles. The third-order valence-electron chi connectivity index (χ3n) is 3.78. The van der Waals surface area contributed by atoms with Crippen LogP contribution in [-0.4, -0.2) is 27.4 Å². The van der Waals surface area contributed by atoms with Crippen LogP contribution < -0.4 is 0 Å². The normalized spacial score (nSPS) is 23.8. The van der Waals surface area contributed by atoms with Crippen LogP contribution in [0.5, 0.6) is 0 Å². The van der Waals surface area contributed by atoms with Crippen LogP contribution in [0.25, 0.3) is 0 Å². The molecule has 1 aromatic rings. The second-order valence-corrected chi connectivity index (χ2v) is 6.27. The minimum Gasteiger partial charge on any atom is -0.481 e. The largest absolute Gasteiger partial charge is 0.481 e. The molecule has 20 heavy (non-hydrogen) atoms. The summed E-state index contributed by atoms with van der Waals surface area (Å²) in [5.74, 6) is -1.35. The highest BCUT2D eigenvalue weighted by molar-refractivity contribution is 5.82. The number of benzene rings is 1. The molecule has 1 aromatic carbocycles. The Labute approximate surface area is 119 Å². The van der Waals surface area contributed by atoms with Gasteiger partial charge in [-0.3, -0.25) is 9.59 Å². The Balaban J connectivity index is 2.50. The molecule has 4 heteroatoms. The first-order valence-electron chi connectivity index (χ1n) is 6.92. The summed E-state index contributed by atoms with van der Waals surface area (Å²) in [4.78, 5) is 25.6. The Morgan fingerprint density at radius 1 is 1.25 bits per heavy atom. The first-order valence-corrected chi connectivity index (χ1v) is 6.92. The van der Waals surface area contributed by atoms with Crippen molar-refractivity contribution in [1.29, 1.82) is 0 Å². The van der Waals surface area contributed by atoms with Crippen molar-refractivity contribution in [3.63, 3.8) is 0 Å². The second kappa shape index (κ2) is 5.27. The average molecular weight is 275 g/mol. The zero-order valence-corrected chi connectivity index (χ0v) is 12.2. The van der Waals surface area contributed by atoms with Gasteiger partial charge in [-0.2, -0.15) is 0 Å². The van der Waals surface area contributed by atoms with E-state index in [1.807, 2.05) is 51.1 Å². The van der Waals surface area contributed by atoms with E-state index >= 15 is 0 Å². The second-order valence-electron chi connectivity index (χ2n) is 6.27. The van der Waals surface area contributed by atoms with Gasteiger partial charge in [-0.25, -0.2) is 0 Å². The van der Waals surface area contributed by atoms with E-state index in [4.69, 9.17) is 0 Å². The predicted molar refractivity (Wildman–Crippen MR) is 76.1 cm³/mol. The first kappa shape index (κ1) is 14.6. The number of hydrogen-bond acceptors (Lipinski definition) is 2. The highest BCUT2D eigenvalue weighted by atomic mass is 16.4. The summed E-state index contributed by atoms with van der Waals surface area (Å²) in [6.07, 6.45) is 0.706. The number of hydrogen-bond donors (Lipinski definition) is 1. The zero-order chi connectivity index (χ0) is 14.9. The Hall–Kier alpha value is -1.84. The van der Waals surface area contributed by atoms with Crippen molar-refractivity contribution in [1.82, 2.24) is 4.90 Å². The van der Waals surface area contributed by atoms with Gasteiger partial charge in [0.05, 0.1) is 12.0 Å². The molecule has 0 radical (unpaired) electrons. The summed E-state index contributed by atoms with van der Waals surface area (Å²) in [6, 6.07) is 9.07. The highest BCUT2D eigenvalue weighted by Crippen LogP contribution is 2.40. The summed E-state index contributed by atoms with van der Waals surface area (Å²) in [5.41, 5.74) is 0.494. The predicted octanol–water partition coefficient (Wildman–Crippen LogP) is 2.85. The molecular formula is C16H21NO3. The molecule has 0 aromatic heterocycles. The van der Waals surface area contributed by atoms with Crippen LogP contribution in [0.2, 0.25) is 0 Å². The molecule has 0 bridgehead atoms. The van der Waals surface area contributed by atoms with Crippen molar-refractivity contribution >= 4 is 11.9 Å². The third-order valence-corrected chi connectivity index (χ3v) is 3.78. The van der Waals surface area contributed by atoms with Gasteiger partial charge in [0.1, 0.15) is 0 Å². The topological polar surface area (TPSA) is 57.6 Å². The molecule has 0 saturated carbocycles. The number of carboxylic acids is 1. The average Bonchev–Trinajstić information content (AvgIpc) is 2.37. The summed E-state index contributed by atoms with van der Waals surface area (Å²) in [6.45, 7) is 5.85. The molecule has 1 aliphatic rings. The molecule has 0 spiro atoms. The van der Waals surface area contributed by atoms with Crippen molar-refractivity contribution in [2.45, 2.75) is 45.2 Å². The van der Waals surface area contributed by atoms with Gasteiger partial charge in [-0.15, -0.1) is 0 Å². The third kappa shape index (κ3) is 2.69. The maximum Gasteiger partial charge on any atom is 0.308 e. The van der Waals surface area contributed by atoms with Gasteiger partial charge in [0, 0.05) is 12.0 Å². The standard InChI is InChI=1S/C16H21NO3/c1-16(2,3)17-13(18)10-9-12(15(19)20)14(17)11-7-5-4-6-8-11/h4-8,12,14H,9-10H2,1-3H3,(H,19,20). The molecule has 108 valence electrons. The van der Waals surface area contributed by atoms with Crippen LogP contribution in [0.3, 0.4) is 0 Å². The minimum absolute atomic E-state index is 0.0313.